The van der Waals surface area contributed by atoms with Crippen LogP contribution in [0.3, 0.4) is 0 Å². The van der Waals surface area contributed by atoms with Gasteiger partial charge in [0.25, 0.3) is 0 Å². The number of hydrogen-bond donors (Lipinski definition) is 1. The number of nitrogens with one attached hydrogen (secondary N) is 1. The van der Waals surface area contributed by atoms with E-state index in [0.29, 0.717) is 6.04 Å². The molecule has 1 unspecified atom stereocenters. The number of likely N-dealkylation sites (N-methyl/N-ethyl adjacent to an activating group) is 1. The summed E-state index contributed by atoms with van der Waals surface area (Å²) >= 11 is 7.62. The predicted octanol–water partition coefficient (Wildman–Crippen LogP) is 4.22. The van der Waals surface area contributed by atoms with Crippen molar-refractivity contribution in [2.24, 2.45) is 0 Å². The fourth-order valence-electron chi connectivity index (χ4n) is 2.17. The summed E-state index contributed by atoms with van der Waals surface area (Å²) in [5.74, 6) is 0.928. The number of benzene rings is 1. The molecular formula is C15H18ClNOS. The number of aryl methyl sites for hydroxylation is 1. The number of halogens is 1. The van der Waals surface area contributed by atoms with Crippen LogP contribution in [-0.2, 0) is 6.42 Å². The summed E-state index contributed by atoms with van der Waals surface area (Å²) in [7, 11) is 3.69. The molecule has 1 N–H and O–H groups in total. The average Bonchev–Trinajstić information content (AvgIpc) is 2.81. The van der Waals surface area contributed by atoms with Crippen LogP contribution < -0.4 is 10.1 Å². The highest BCUT2D eigenvalue weighted by atomic mass is 35.5. The van der Waals surface area contributed by atoms with E-state index in [4.69, 9.17) is 16.3 Å². The number of thiophene rings is 1. The third-order valence-electron chi connectivity index (χ3n) is 3.20. The van der Waals surface area contributed by atoms with Crippen LogP contribution in [-0.4, -0.2) is 14.2 Å². The Labute approximate surface area is 123 Å². The Morgan fingerprint density at radius 1 is 1.32 bits per heavy atom. The fraction of sp³-hybridized carbons (Fsp3) is 0.333. The van der Waals surface area contributed by atoms with Crippen LogP contribution >= 0.6 is 22.9 Å². The van der Waals surface area contributed by atoms with Crippen molar-refractivity contribution in [3.8, 4) is 5.75 Å². The molecule has 0 aliphatic rings. The van der Waals surface area contributed by atoms with E-state index in [1.807, 2.05) is 19.2 Å². The molecule has 0 saturated carbocycles. The average molecular weight is 296 g/mol. The first-order chi connectivity index (χ1) is 9.13. The lowest BCUT2D eigenvalue weighted by molar-refractivity contribution is 0.411. The van der Waals surface area contributed by atoms with Crippen molar-refractivity contribution in [3.05, 3.63) is 50.7 Å². The molecule has 1 aromatic carbocycles. The SMILES string of the molecule is CNC(Cc1ccc(Cl)s1)c1ccc(OC)c(C)c1. The summed E-state index contributed by atoms with van der Waals surface area (Å²) in [4.78, 5) is 1.29. The molecule has 2 nitrogen and oxygen atoms in total. The minimum atomic E-state index is 0.291. The summed E-state index contributed by atoms with van der Waals surface area (Å²) in [5, 5.41) is 3.36. The van der Waals surface area contributed by atoms with Gasteiger partial charge in [0.15, 0.2) is 0 Å². The normalized spacial score (nSPS) is 12.4. The third kappa shape index (κ3) is 3.50. The largest absolute Gasteiger partial charge is 0.496 e. The van der Waals surface area contributed by atoms with Crippen molar-refractivity contribution < 1.29 is 4.74 Å². The van der Waals surface area contributed by atoms with Crippen molar-refractivity contribution in [2.75, 3.05) is 14.2 Å². The molecule has 0 aliphatic heterocycles. The topological polar surface area (TPSA) is 21.3 Å². The standard InChI is InChI=1S/C15H18ClNOS/c1-10-8-11(4-6-14(10)18-3)13(17-2)9-12-5-7-15(16)19-12/h4-8,13,17H,9H2,1-3H3. The highest BCUT2D eigenvalue weighted by molar-refractivity contribution is 7.16. The van der Waals surface area contributed by atoms with Gasteiger partial charge in [-0.3, -0.25) is 0 Å². The molecule has 2 rings (SSSR count). The van der Waals surface area contributed by atoms with E-state index < -0.39 is 0 Å². The molecule has 1 atom stereocenters. The number of hydrogen-bond acceptors (Lipinski definition) is 3. The maximum absolute atomic E-state index is 5.98. The van der Waals surface area contributed by atoms with Gasteiger partial charge in [0.05, 0.1) is 11.4 Å². The molecule has 0 fully saturated rings. The van der Waals surface area contributed by atoms with Crippen LogP contribution in [0.5, 0.6) is 5.75 Å². The van der Waals surface area contributed by atoms with E-state index in [9.17, 15) is 0 Å². The Bertz CT molecular complexity index is 553. The molecule has 1 aromatic heterocycles. The van der Waals surface area contributed by atoms with E-state index in [1.54, 1.807) is 18.4 Å². The number of rotatable bonds is 5. The predicted molar refractivity (Wildman–Crippen MR) is 82.6 cm³/mol. The summed E-state index contributed by atoms with van der Waals surface area (Å²) in [6.45, 7) is 2.07. The molecule has 1 heterocycles. The molecule has 0 bridgehead atoms. The van der Waals surface area contributed by atoms with Gasteiger partial charge in [0.1, 0.15) is 5.75 Å². The fourth-order valence-corrected chi connectivity index (χ4v) is 3.30. The van der Waals surface area contributed by atoms with E-state index in [0.717, 1.165) is 22.1 Å². The van der Waals surface area contributed by atoms with Crippen molar-refractivity contribution in [1.29, 1.82) is 0 Å². The minimum Gasteiger partial charge on any atom is -0.496 e. The first-order valence-electron chi connectivity index (χ1n) is 6.20. The second-order valence-corrected chi connectivity index (χ2v) is 6.28. The minimum absolute atomic E-state index is 0.291. The molecule has 0 radical (unpaired) electrons. The van der Waals surface area contributed by atoms with Crippen LogP contribution in [0.15, 0.2) is 30.3 Å². The van der Waals surface area contributed by atoms with Crippen LogP contribution in [0.2, 0.25) is 4.34 Å². The van der Waals surface area contributed by atoms with Crippen molar-refractivity contribution in [3.63, 3.8) is 0 Å². The molecule has 102 valence electrons. The summed E-state index contributed by atoms with van der Waals surface area (Å²) in [5.41, 5.74) is 2.43. The quantitative estimate of drug-likeness (QED) is 0.891. The summed E-state index contributed by atoms with van der Waals surface area (Å²) < 4.78 is 6.14. The van der Waals surface area contributed by atoms with Gasteiger partial charge in [0.2, 0.25) is 0 Å². The van der Waals surface area contributed by atoms with Gasteiger partial charge >= 0.3 is 0 Å². The smallest absolute Gasteiger partial charge is 0.121 e. The lowest BCUT2D eigenvalue weighted by Gasteiger charge is -2.17. The Morgan fingerprint density at radius 3 is 2.63 bits per heavy atom. The molecule has 0 spiro atoms. The molecule has 0 saturated heterocycles. The maximum Gasteiger partial charge on any atom is 0.121 e. The molecule has 19 heavy (non-hydrogen) atoms. The zero-order chi connectivity index (χ0) is 13.8. The van der Waals surface area contributed by atoms with Gasteiger partial charge in [-0.1, -0.05) is 23.7 Å². The third-order valence-corrected chi connectivity index (χ3v) is 4.46. The number of methoxy groups -OCH3 is 1. The summed E-state index contributed by atoms with van der Waals surface area (Å²) in [6, 6.07) is 10.6. The zero-order valence-electron chi connectivity index (χ0n) is 11.4. The Kier molecular flexibility index (Phi) is 4.86. The Balaban J connectivity index is 2.19. The van der Waals surface area contributed by atoms with Crippen molar-refractivity contribution in [1.82, 2.24) is 5.32 Å². The maximum atomic E-state index is 5.98. The lowest BCUT2D eigenvalue weighted by atomic mass is 10.0. The van der Waals surface area contributed by atoms with Crippen LogP contribution in [0.1, 0.15) is 22.0 Å². The highest BCUT2D eigenvalue weighted by Gasteiger charge is 2.13. The second kappa shape index (κ2) is 6.42. The Morgan fingerprint density at radius 2 is 2.11 bits per heavy atom. The molecular weight excluding hydrogens is 278 g/mol. The van der Waals surface area contributed by atoms with Gasteiger partial charge in [-0.15, -0.1) is 11.3 Å². The summed E-state index contributed by atoms with van der Waals surface area (Å²) in [6.07, 6.45) is 0.944. The van der Waals surface area contributed by atoms with Gasteiger partial charge in [-0.2, -0.15) is 0 Å². The zero-order valence-corrected chi connectivity index (χ0v) is 12.9. The van der Waals surface area contributed by atoms with E-state index in [2.05, 4.69) is 30.4 Å². The van der Waals surface area contributed by atoms with Crippen molar-refractivity contribution >= 4 is 22.9 Å². The highest BCUT2D eigenvalue weighted by Crippen LogP contribution is 2.28. The molecule has 0 amide bonds. The molecule has 2 aromatic rings. The molecule has 4 heteroatoms. The second-order valence-electron chi connectivity index (χ2n) is 4.48. The lowest BCUT2D eigenvalue weighted by Crippen LogP contribution is -2.18. The van der Waals surface area contributed by atoms with Crippen LogP contribution in [0, 0.1) is 6.92 Å². The van der Waals surface area contributed by atoms with Crippen LogP contribution in [0.25, 0.3) is 0 Å². The van der Waals surface area contributed by atoms with Gasteiger partial charge in [-0.25, -0.2) is 0 Å². The van der Waals surface area contributed by atoms with Gasteiger partial charge in [-0.05, 0) is 43.3 Å². The van der Waals surface area contributed by atoms with Gasteiger partial charge < -0.3 is 10.1 Å². The van der Waals surface area contributed by atoms with Crippen molar-refractivity contribution in [2.45, 2.75) is 19.4 Å². The number of ether oxygens (including phenoxy) is 1. The first-order valence-corrected chi connectivity index (χ1v) is 7.39. The monoisotopic (exact) mass is 295 g/mol. The molecule has 0 aliphatic carbocycles. The van der Waals surface area contributed by atoms with E-state index >= 15 is 0 Å². The van der Waals surface area contributed by atoms with E-state index in [-0.39, 0.29) is 0 Å². The Hall–Kier alpha value is -1.03. The van der Waals surface area contributed by atoms with Gasteiger partial charge in [0, 0.05) is 17.3 Å². The first kappa shape index (κ1) is 14.4. The van der Waals surface area contributed by atoms with Crippen LogP contribution in [0.4, 0.5) is 0 Å². The van der Waals surface area contributed by atoms with E-state index in [1.165, 1.54) is 10.4 Å².